The summed E-state index contributed by atoms with van der Waals surface area (Å²) in [7, 11) is 0. The van der Waals surface area contributed by atoms with Crippen molar-refractivity contribution in [3.05, 3.63) is 0 Å². The first kappa shape index (κ1) is 20.9. The molecule has 2 fully saturated rings. The quantitative estimate of drug-likeness (QED) is 0.716. The highest BCUT2D eigenvalue weighted by Gasteiger charge is 2.23. The van der Waals surface area contributed by atoms with Gasteiger partial charge in [-0.15, -0.1) is 0 Å². The molecule has 0 aromatic heterocycles. The molecule has 0 spiro atoms. The summed E-state index contributed by atoms with van der Waals surface area (Å²) in [5, 5.41) is 0. The first-order chi connectivity index (χ1) is 11.2. The van der Waals surface area contributed by atoms with E-state index >= 15 is 0 Å². The van der Waals surface area contributed by atoms with E-state index in [2.05, 4.69) is 35.5 Å². The van der Waals surface area contributed by atoms with Gasteiger partial charge in [-0.25, -0.2) is 0 Å². The topological polar surface area (TPSA) is 19.0 Å². The third-order valence-corrected chi connectivity index (χ3v) is 4.99. The molecule has 2 aliphatic rings. The molecule has 0 amide bonds. The van der Waals surface area contributed by atoms with Gasteiger partial charge in [0.05, 0.1) is 12.7 Å². The Morgan fingerprint density at radius 1 is 0.870 bits per heavy atom. The third kappa shape index (κ3) is 8.48. The number of nitrogens with zero attached hydrogens (tertiary/aromatic N) is 3. The molecule has 0 saturated carbocycles. The van der Waals surface area contributed by atoms with Crippen molar-refractivity contribution in [1.29, 1.82) is 0 Å². The minimum atomic E-state index is 0.365. The van der Waals surface area contributed by atoms with Crippen LogP contribution in [-0.2, 0) is 4.74 Å². The van der Waals surface area contributed by atoms with Gasteiger partial charge in [-0.05, 0) is 52.2 Å². The molecular weight excluding hydrogens is 286 g/mol. The summed E-state index contributed by atoms with van der Waals surface area (Å²) in [6.07, 6.45) is 3.11. The Kier molecular flexibility index (Phi) is 11.1. The molecule has 4 nitrogen and oxygen atoms in total. The molecule has 0 atom stereocenters. The van der Waals surface area contributed by atoms with Crippen molar-refractivity contribution in [2.45, 2.75) is 53.6 Å². The van der Waals surface area contributed by atoms with E-state index < -0.39 is 0 Å². The minimum Gasteiger partial charge on any atom is -0.377 e. The zero-order valence-electron chi connectivity index (χ0n) is 16.4. The second kappa shape index (κ2) is 12.2. The van der Waals surface area contributed by atoms with Gasteiger partial charge in [0.15, 0.2) is 0 Å². The Morgan fingerprint density at radius 2 is 1.43 bits per heavy atom. The monoisotopic (exact) mass is 327 g/mol. The smallest absolute Gasteiger partial charge is 0.0596 e. The Balaban J connectivity index is 0.00000127. The molecule has 0 N–H and O–H groups in total. The van der Waals surface area contributed by atoms with Crippen molar-refractivity contribution in [1.82, 2.24) is 14.7 Å². The lowest BCUT2D eigenvalue weighted by Crippen LogP contribution is -2.48. The first-order valence-electron chi connectivity index (χ1n) is 9.96. The molecule has 2 heterocycles. The average Bonchev–Trinajstić information content (AvgIpc) is 2.59. The maximum absolute atomic E-state index is 5.66. The normalized spacial score (nSPS) is 22.2. The van der Waals surface area contributed by atoms with Crippen LogP contribution in [0.5, 0.6) is 0 Å². The molecule has 0 aromatic carbocycles. The Morgan fingerprint density at radius 3 is 1.96 bits per heavy atom. The molecule has 2 rings (SSSR count). The van der Waals surface area contributed by atoms with Crippen LogP contribution >= 0.6 is 0 Å². The number of piperazine rings is 1. The van der Waals surface area contributed by atoms with Gasteiger partial charge in [0.1, 0.15) is 0 Å². The van der Waals surface area contributed by atoms with E-state index in [0.29, 0.717) is 6.10 Å². The molecule has 2 saturated heterocycles. The van der Waals surface area contributed by atoms with Crippen LogP contribution in [0, 0.1) is 5.92 Å². The van der Waals surface area contributed by atoms with Gasteiger partial charge in [0, 0.05) is 39.3 Å². The molecule has 0 radical (unpaired) electrons. The fourth-order valence-corrected chi connectivity index (χ4v) is 3.46. The van der Waals surface area contributed by atoms with Gasteiger partial charge in [-0.3, -0.25) is 0 Å². The predicted molar refractivity (Wildman–Crippen MR) is 100 cm³/mol. The van der Waals surface area contributed by atoms with Crippen LogP contribution in [0.2, 0.25) is 0 Å². The number of rotatable bonds is 7. The lowest BCUT2D eigenvalue weighted by molar-refractivity contribution is 0.0459. The highest BCUT2D eigenvalue weighted by molar-refractivity contribution is 4.78. The number of hydrogen-bond donors (Lipinski definition) is 0. The van der Waals surface area contributed by atoms with Crippen molar-refractivity contribution >= 4 is 0 Å². The number of ether oxygens (including phenoxy) is 1. The van der Waals surface area contributed by atoms with Gasteiger partial charge >= 0.3 is 0 Å². The average molecular weight is 328 g/mol. The van der Waals surface area contributed by atoms with Crippen molar-refractivity contribution in [2.24, 2.45) is 5.92 Å². The maximum Gasteiger partial charge on any atom is 0.0596 e. The van der Waals surface area contributed by atoms with Gasteiger partial charge in [0.25, 0.3) is 0 Å². The molecule has 2 aliphatic heterocycles. The van der Waals surface area contributed by atoms with Crippen molar-refractivity contribution in [2.75, 3.05) is 65.5 Å². The lowest BCUT2D eigenvalue weighted by atomic mass is 9.96. The van der Waals surface area contributed by atoms with E-state index in [9.17, 15) is 0 Å². The van der Waals surface area contributed by atoms with Gasteiger partial charge < -0.3 is 19.4 Å². The summed E-state index contributed by atoms with van der Waals surface area (Å²) in [5.41, 5.74) is 0. The van der Waals surface area contributed by atoms with Crippen LogP contribution in [0.1, 0.15) is 47.5 Å². The van der Waals surface area contributed by atoms with Crippen LogP contribution in [-0.4, -0.2) is 86.3 Å². The van der Waals surface area contributed by atoms with Crippen LogP contribution < -0.4 is 0 Å². The minimum absolute atomic E-state index is 0.365. The first-order valence-corrected chi connectivity index (χ1v) is 9.96. The van der Waals surface area contributed by atoms with Crippen LogP contribution in [0.25, 0.3) is 0 Å². The number of likely N-dealkylation sites (N-methyl/N-ethyl adjacent to an activating group) is 1. The Bertz CT molecular complexity index is 270. The van der Waals surface area contributed by atoms with Crippen LogP contribution in [0.3, 0.4) is 0 Å². The zero-order valence-corrected chi connectivity index (χ0v) is 16.4. The summed E-state index contributed by atoms with van der Waals surface area (Å²) in [6, 6.07) is 0. The second-order valence-corrected chi connectivity index (χ2v) is 6.94. The standard InChI is InChI=1S/C17H35N3O.C2H6/c1-4-18-9-11-20(12-10-18)15-17-5-7-19(8-6-17)13-14-21-16(2)3;1-2/h16-17H,4-15H2,1-3H3;1-2H3. The fraction of sp³-hybridized carbons (Fsp3) is 1.00. The summed E-state index contributed by atoms with van der Waals surface area (Å²) in [5.74, 6) is 0.917. The molecule has 0 aromatic rings. The van der Waals surface area contributed by atoms with Gasteiger partial charge in [0.2, 0.25) is 0 Å². The predicted octanol–water partition coefficient (Wildman–Crippen LogP) is 2.79. The molecule has 4 heteroatoms. The lowest BCUT2D eigenvalue weighted by Gasteiger charge is -2.38. The molecular formula is C19H41N3O. The van der Waals surface area contributed by atoms with Crippen LogP contribution in [0.15, 0.2) is 0 Å². The van der Waals surface area contributed by atoms with Gasteiger partial charge in [-0.2, -0.15) is 0 Å². The summed E-state index contributed by atoms with van der Waals surface area (Å²) in [4.78, 5) is 7.83. The second-order valence-electron chi connectivity index (χ2n) is 6.94. The summed E-state index contributed by atoms with van der Waals surface area (Å²) < 4.78 is 5.66. The van der Waals surface area contributed by atoms with Crippen LogP contribution in [0.4, 0.5) is 0 Å². The SMILES string of the molecule is CC.CCN1CCN(CC2CCN(CCOC(C)C)CC2)CC1. The van der Waals surface area contributed by atoms with E-state index in [4.69, 9.17) is 4.74 Å². The van der Waals surface area contributed by atoms with E-state index in [1.54, 1.807) is 0 Å². The molecule has 0 bridgehead atoms. The van der Waals surface area contributed by atoms with Gasteiger partial charge in [-0.1, -0.05) is 20.8 Å². The number of piperidine rings is 1. The van der Waals surface area contributed by atoms with E-state index in [0.717, 1.165) is 19.1 Å². The number of likely N-dealkylation sites (tertiary alicyclic amines) is 1. The molecule has 0 aliphatic carbocycles. The maximum atomic E-state index is 5.66. The third-order valence-electron chi connectivity index (χ3n) is 4.99. The van der Waals surface area contributed by atoms with E-state index in [1.165, 1.54) is 65.2 Å². The largest absolute Gasteiger partial charge is 0.377 e. The van der Waals surface area contributed by atoms with Crippen molar-refractivity contribution < 1.29 is 4.74 Å². The van der Waals surface area contributed by atoms with Crippen molar-refractivity contribution in [3.8, 4) is 0 Å². The fourth-order valence-electron chi connectivity index (χ4n) is 3.46. The number of hydrogen-bond acceptors (Lipinski definition) is 4. The molecule has 0 unspecified atom stereocenters. The summed E-state index contributed by atoms with van der Waals surface area (Å²) >= 11 is 0. The summed E-state index contributed by atoms with van der Waals surface area (Å²) in [6.45, 7) is 22.7. The van der Waals surface area contributed by atoms with E-state index in [-0.39, 0.29) is 0 Å². The Labute approximate surface area is 145 Å². The molecule has 23 heavy (non-hydrogen) atoms. The van der Waals surface area contributed by atoms with Crippen molar-refractivity contribution in [3.63, 3.8) is 0 Å². The van der Waals surface area contributed by atoms with E-state index in [1.807, 2.05) is 13.8 Å². The Hall–Kier alpha value is -0.160. The molecule has 138 valence electrons. The highest BCUT2D eigenvalue weighted by Crippen LogP contribution is 2.19. The highest BCUT2D eigenvalue weighted by atomic mass is 16.5. The zero-order chi connectivity index (χ0) is 17.1.